The normalized spacial score (nSPS) is 11.4. The van der Waals surface area contributed by atoms with E-state index in [1.54, 1.807) is 12.1 Å². The minimum atomic E-state index is 0.143. The molecule has 6 rings (SSSR count). The first-order chi connectivity index (χ1) is 15.7. The van der Waals surface area contributed by atoms with E-state index in [1.807, 2.05) is 72.8 Å². The summed E-state index contributed by atoms with van der Waals surface area (Å²) in [4.78, 5) is 15.8. The highest BCUT2D eigenvalue weighted by molar-refractivity contribution is 5.85. The van der Waals surface area contributed by atoms with Crippen molar-refractivity contribution in [2.45, 2.75) is 0 Å². The summed E-state index contributed by atoms with van der Waals surface area (Å²) >= 11 is 0. The number of aromatic amines is 2. The summed E-state index contributed by atoms with van der Waals surface area (Å²) < 4.78 is 0. The summed E-state index contributed by atoms with van der Waals surface area (Å²) in [6.45, 7) is 0. The van der Waals surface area contributed by atoms with E-state index in [0.717, 1.165) is 33.2 Å². The minimum absolute atomic E-state index is 0.143. The highest BCUT2D eigenvalue weighted by Gasteiger charge is 2.14. The number of aromatic hydroxyl groups is 2. The van der Waals surface area contributed by atoms with Gasteiger partial charge in [0.05, 0.1) is 33.2 Å². The molecule has 0 saturated heterocycles. The Morgan fingerprint density at radius 3 is 1.41 bits per heavy atom. The van der Waals surface area contributed by atoms with Crippen LogP contribution in [-0.2, 0) is 0 Å². The number of nitrogens with one attached hydrogen (secondary N) is 2. The van der Waals surface area contributed by atoms with Gasteiger partial charge in [-0.2, -0.15) is 0 Å². The average Bonchev–Trinajstić information content (AvgIpc) is 3.44. The lowest BCUT2D eigenvalue weighted by atomic mass is 9.99. The van der Waals surface area contributed by atoms with E-state index in [4.69, 9.17) is 0 Å². The molecule has 0 saturated carbocycles. The lowest BCUT2D eigenvalue weighted by Gasteiger charge is -2.09. The Bertz CT molecular complexity index is 1430. The van der Waals surface area contributed by atoms with Crippen molar-refractivity contribution in [1.29, 1.82) is 0 Å². The molecule has 0 spiro atoms. The second-order valence-electron chi connectivity index (χ2n) is 7.67. The van der Waals surface area contributed by atoms with Gasteiger partial charge in [0.25, 0.3) is 0 Å². The van der Waals surface area contributed by atoms with Gasteiger partial charge in [-0.1, -0.05) is 36.4 Å². The van der Waals surface area contributed by atoms with Crippen LogP contribution < -0.4 is 0 Å². The van der Waals surface area contributed by atoms with Crippen LogP contribution in [0, 0.1) is 0 Å². The van der Waals surface area contributed by atoms with Crippen LogP contribution in [0.15, 0.2) is 84.9 Å². The van der Waals surface area contributed by atoms with Crippen LogP contribution in [0.4, 0.5) is 0 Å². The van der Waals surface area contributed by atoms with Gasteiger partial charge >= 0.3 is 0 Å². The third-order valence-corrected chi connectivity index (χ3v) is 5.62. The second kappa shape index (κ2) is 6.99. The number of phenols is 2. The van der Waals surface area contributed by atoms with Gasteiger partial charge in [0.1, 0.15) is 23.1 Å². The first-order valence-electron chi connectivity index (χ1n) is 10.2. The molecule has 2 heterocycles. The quantitative estimate of drug-likeness (QED) is 0.290. The molecule has 6 heteroatoms. The van der Waals surface area contributed by atoms with Crippen LogP contribution in [0.25, 0.3) is 56.0 Å². The zero-order valence-electron chi connectivity index (χ0n) is 16.9. The molecule has 6 nitrogen and oxygen atoms in total. The highest BCUT2D eigenvalue weighted by atomic mass is 16.3. The lowest BCUT2D eigenvalue weighted by molar-refractivity contribution is 0.476. The number of para-hydroxylation sites is 4. The number of aromatic nitrogens is 4. The Morgan fingerprint density at radius 1 is 0.531 bits per heavy atom. The lowest BCUT2D eigenvalue weighted by Crippen LogP contribution is -1.87. The maximum absolute atomic E-state index is 10.5. The maximum atomic E-state index is 10.5. The van der Waals surface area contributed by atoms with Crippen LogP contribution in [0.5, 0.6) is 11.5 Å². The van der Waals surface area contributed by atoms with Gasteiger partial charge in [-0.05, 0) is 59.7 Å². The fourth-order valence-corrected chi connectivity index (χ4v) is 3.97. The Balaban J connectivity index is 1.46. The van der Waals surface area contributed by atoms with Crippen molar-refractivity contribution in [3.05, 3.63) is 84.9 Å². The van der Waals surface area contributed by atoms with Crippen LogP contribution in [0.1, 0.15) is 0 Å². The monoisotopic (exact) mass is 418 g/mol. The molecule has 2 aromatic heterocycles. The van der Waals surface area contributed by atoms with Gasteiger partial charge in [-0.15, -0.1) is 0 Å². The molecule has 0 amide bonds. The number of benzene rings is 4. The molecule has 154 valence electrons. The van der Waals surface area contributed by atoms with E-state index in [1.165, 1.54) is 0 Å². The first kappa shape index (κ1) is 18.2. The van der Waals surface area contributed by atoms with Crippen molar-refractivity contribution in [2.24, 2.45) is 0 Å². The number of hydrogen-bond donors (Lipinski definition) is 4. The Morgan fingerprint density at radius 2 is 0.969 bits per heavy atom. The van der Waals surface area contributed by atoms with E-state index in [2.05, 4.69) is 19.9 Å². The largest absolute Gasteiger partial charge is 0.507 e. The van der Waals surface area contributed by atoms with Crippen molar-refractivity contribution in [1.82, 2.24) is 19.9 Å². The minimum Gasteiger partial charge on any atom is -0.507 e. The molecule has 0 unspecified atom stereocenters. The summed E-state index contributed by atoms with van der Waals surface area (Å²) in [6.07, 6.45) is 0. The zero-order chi connectivity index (χ0) is 21.7. The molecule has 0 radical (unpaired) electrons. The third-order valence-electron chi connectivity index (χ3n) is 5.62. The number of rotatable bonds is 3. The summed E-state index contributed by atoms with van der Waals surface area (Å²) in [5.74, 6) is 1.48. The molecule has 4 N–H and O–H groups in total. The number of nitrogens with zero attached hydrogens (tertiary/aromatic N) is 2. The molecular weight excluding hydrogens is 400 g/mol. The smallest absolute Gasteiger partial charge is 0.142 e. The van der Waals surface area contributed by atoms with E-state index in [9.17, 15) is 10.2 Å². The predicted molar refractivity (Wildman–Crippen MR) is 125 cm³/mol. The third kappa shape index (κ3) is 2.97. The number of phenolic OH excluding ortho intramolecular Hbond substituents is 2. The van der Waals surface area contributed by atoms with E-state index in [-0.39, 0.29) is 11.5 Å². The second-order valence-corrected chi connectivity index (χ2v) is 7.67. The van der Waals surface area contributed by atoms with E-state index >= 15 is 0 Å². The summed E-state index contributed by atoms with van der Waals surface area (Å²) in [5.41, 5.74) is 6.47. The number of imidazole rings is 2. The Hall–Kier alpha value is -4.58. The topological polar surface area (TPSA) is 97.8 Å². The van der Waals surface area contributed by atoms with E-state index < -0.39 is 0 Å². The van der Waals surface area contributed by atoms with E-state index in [0.29, 0.717) is 22.8 Å². The fourth-order valence-electron chi connectivity index (χ4n) is 3.97. The molecule has 0 aliphatic carbocycles. The number of fused-ring (bicyclic) bond motifs is 2. The number of H-pyrrole nitrogens is 2. The summed E-state index contributed by atoms with van der Waals surface area (Å²) in [7, 11) is 0. The molecular formula is C26H18N4O2. The standard InChI is InChI=1S/C26H18N4O2/c31-23-11-9-15(13-17(23)25-27-19-5-1-2-6-20(19)28-25)16-10-12-24(32)18(14-16)26-29-21-7-3-4-8-22(21)30-26/h1-14,31-32H,(H,27,28)(H,29,30). The fraction of sp³-hybridized carbons (Fsp3) is 0. The van der Waals surface area contributed by atoms with Gasteiger partial charge in [0.15, 0.2) is 0 Å². The molecule has 6 aromatic rings. The molecule has 0 aliphatic heterocycles. The molecule has 0 fully saturated rings. The van der Waals surface area contributed by atoms with Crippen molar-refractivity contribution in [3.8, 4) is 45.4 Å². The SMILES string of the molecule is Oc1ccc(-c2ccc(O)c(-c3nc4ccccc4[nH]3)c2)cc1-c1nc2ccccc2[nH]1. The van der Waals surface area contributed by atoms with Crippen molar-refractivity contribution in [2.75, 3.05) is 0 Å². The van der Waals surface area contributed by atoms with Gasteiger partial charge in [0.2, 0.25) is 0 Å². The average molecular weight is 418 g/mol. The van der Waals surface area contributed by atoms with Crippen LogP contribution in [0.2, 0.25) is 0 Å². The van der Waals surface area contributed by atoms with Crippen molar-refractivity contribution < 1.29 is 10.2 Å². The van der Waals surface area contributed by atoms with Crippen LogP contribution >= 0.6 is 0 Å². The molecule has 0 bridgehead atoms. The summed E-state index contributed by atoms with van der Waals surface area (Å²) in [6, 6.07) is 26.3. The first-order valence-corrected chi connectivity index (χ1v) is 10.2. The Kier molecular flexibility index (Phi) is 3.98. The molecule has 4 aromatic carbocycles. The zero-order valence-corrected chi connectivity index (χ0v) is 16.9. The molecule has 32 heavy (non-hydrogen) atoms. The Labute approximate surface area is 182 Å². The molecule has 0 atom stereocenters. The highest BCUT2D eigenvalue weighted by Crippen LogP contribution is 2.37. The van der Waals surface area contributed by atoms with Crippen LogP contribution in [0.3, 0.4) is 0 Å². The van der Waals surface area contributed by atoms with Gasteiger partial charge < -0.3 is 20.2 Å². The van der Waals surface area contributed by atoms with Crippen LogP contribution in [-0.4, -0.2) is 30.1 Å². The van der Waals surface area contributed by atoms with Gasteiger partial charge in [-0.3, -0.25) is 0 Å². The number of hydrogen-bond acceptors (Lipinski definition) is 4. The van der Waals surface area contributed by atoms with Gasteiger partial charge in [-0.25, -0.2) is 9.97 Å². The van der Waals surface area contributed by atoms with Gasteiger partial charge in [0, 0.05) is 0 Å². The predicted octanol–water partition coefficient (Wildman–Crippen LogP) is 5.85. The maximum Gasteiger partial charge on any atom is 0.142 e. The summed E-state index contributed by atoms with van der Waals surface area (Å²) in [5, 5.41) is 21.0. The van der Waals surface area contributed by atoms with Crippen molar-refractivity contribution >= 4 is 22.1 Å². The molecule has 0 aliphatic rings. The van der Waals surface area contributed by atoms with Crippen molar-refractivity contribution in [3.63, 3.8) is 0 Å².